The van der Waals surface area contributed by atoms with Crippen LogP contribution in [0.1, 0.15) is 67.6 Å². The number of carbonyl (C=O) groups excluding carboxylic acids is 4. The van der Waals surface area contributed by atoms with Gasteiger partial charge in [0.05, 0.1) is 33.6 Å². The number of amides is 4. The first-order chi connectivity index (χ1) is 25.7. The van der Waals surface area contributed by atoms with Crippen molar-refractivity contribution in [1.29, 1.82) is 0 Å². The largest absolute Gasteiger partial charge is 0.351 e. The van der Waals surface area contributed by atoms with Crippen molar-refractivity contribution < 1.29 is 29.0 Å². The summed E-state index contributed by atoms with van der Waals surface area (Å²) in [4.78, 5) is 71.4. The van der Waals surface area contributed by atoms with Crippen molar-refractivity contribution in [2.24, 2.45) is 28.2 Å². The van der Waals surface area contributed by atoms with E-state index < -0.39 is 21.7 Å². The van der Waals surface area contributed by atoms with Gasteiger partial charge in [0.15, 0.2) is 0 Å². The van der Waals surface area contributed by atoms with E-state index in [0.29, 0.717) is 35.9 Å². The highest BCUT2D eigenvalue weighted by Gasteiger charge is 2.21. The van der Waals surface area contributed by atoms with Gasteiger partial charge >= 0.3 is 0 Å². The fourth-order valence-corrected chi connectivity index (χ4v) is 5.61. The molecule has 4 aromatic rings. The smallest absolute Gasteiger partial charge is 0.287 e. The lowest BCUT2D eigenvalue weighted by atomic mass is 10.3. The van der Waals surface area contributed by atoms with Crippen LogP contribution < -0.4 is 31.9 Å². The van der Waals surface area contributed by atoms with Gasteiger partial charge in [0.25, 0.3) is 35.0 Å². The summed E-state index contributed by atoms with van der Waals surface area (Å²) >= 11 is 0. The summed E-state index contributed by atoms with van der Waals surface area (Å²) in [6.45, 7) is 4.07. The molecule has 0 saturated heterocycles. The molecular weight excluding hydrogens is 704 g/mol. The highest BCUT2D eigenvalue weighted by molar-refractivity contribution is 6.05. The van der Waals surface area contributed by atoms with Gasteiger partial charge in [-0.05, 0) is 64.0 Å². The number of nitrogens with one attached hydrogen (secondary N) is 6. The number of unbranched alkanes of at least 4 members (excludes halogenated alkanes) is 1. The summed E-state index contributed by atoms with van der Waals surface area (Å²) < 4.78 is 5.93. The minimum Gasteiger partial charge on any atom is -0.351 e. The van der Waals surface area contributed by atoms with Crippen LogP contribution in [0.3, 0.4) is 0 Å². The molecule has 0 fully saturated rings. The van der Waals surface area contributed by atoms with E-state index in [4.69, 9.17) is 0 Å². The zero-order valence-electron chi connectivity index (χ0n) is 30.6. The molecule has 0 aliphatic heterocycles. The standard InChI is InChI=1S/C34H46N12O8/c1-41-19-23(39-33(49)29-17-25(45(51)52)21-43(29)3)15-27(41)31(47)37-13-7-11-35-9-5-6-10-36-12-8-14-38-32(48)28-16-24(20-42(28)2)40-34(50)30-18-26(46(53)54)22-44(30)4/h15-22,35-36H,5-14H2,1-4H3,(H,37,47)(H,38,48)(H,39,49)(H,40,50). The van der Waals surface area contributed by atoms with Crippen LogP contribution in [-0.2, 0) is 28.2 Å². The topological polar surface area (TPSA) is 246 Å². The Morgan fingerprint density at radius 3 is 1.19 bits per heavy atom. The first kappa shape index (κ1) is 40.5. The number of hydrogen-bond donors (Lipinski definition) is 6. The maximum atomic E-state index is 12.7. The predicted molar refractivity (Wildman–Crippen MR) is 200 cm³/mol. The van der Waals surface area contributed by atoms with Crippen molar-refractivity contribution in [3.05, 3.63) is 92.1 Å². The van der Waals surface area contributed by atoms with Crippen molar-refractivity contribution in [1.82, 2.24) is 39.5 Å². The number of aromatic nitrogens is 4. The molecule has 0 atom stereocenters. The Labute approximate surface area is 310 Å². The lowest BCUT2D eigenvalue weighted by Gasteiger charge is -2.08. The van der Waals surface area contributed by atoms with Gasteiger partial charge in [-0.15, -0.1) is 0 Å². The predicted octanol–water partition coefficient (Wildman–Crippen LogP) is 2.26. The van der Waals surface area contributed by atoms with Crippen molar-refractivity contribution in [2.75, 3.05) is 49.9 Å². The summed E-state index contributed by atoms with van der Waals surface area (Å²) in [5.74, 6) is -1.62. The van der Waals surface area contributed by atoms with Crippen molar-refractivity contribution >= 4 is 46.4 Å². The molecule has 0 spiro atoms. The first-order valence-corrected chi connectivity index (χ1v) is 17.3. The molecule has 0 radical (unpaired) electrons. The molecular formula is C34H46N12O8. The molecule has 4 heterocycles. The second-order valence-electron chi connectivity index (χ2n) is 12.7. The maximum absolute atomic E-state index is 12.7. The van der Waals surface area contributed by atoms with E-state index in [9.17, 15) is 39.4 Å². The van der Waals surface area contributed by atoms with Gasteiger partial charge in [-0.25, -0.2) is 0 Å². The minimum atomic E-state index is -0.571. The summed E-state index contributed by atoms with van der Waals surface area (Å²) in [5, 5.41) is 39.8. The normalized spacial score (nSPS) is 11.0. The molecule has 20 heteroatoms. The van der Waals surface area contributed by atoms with E-state index in [1.807, 2.05) is 0 Å². The third-order valence-electron chi connectivity index (χ3n) is 8.45. The number of nitrogens with zero attached hydrogens (tertiary/aromatic N) is 6. The number of anilines is 2. The Morgan fingerprint density at radius 1 is 0.500 bits per heavy atom. The number of nitro groups is 2. The third-order valence-corrected chi connectivity index (χ3v) is 8.45. The molecule has 0 aliphatic rings. The number of hydrogen-bond acceptors (Lipinski definition) is 10. The van der Waals surface area contributed by atoms with Gasteiger partial charge in [-0.3, -0.25) is 39.4 Å². The van der Waals surface area contributed by atoms with Crippen molar-refractivity contribution in [2.45, 2.75) is 25.7 Å². The lowest BCUT2D eigenvalue weighted by molar-refractivity contribution is -0.385. The maximum Gasteiger partial charge on any atom is 0.287 e. The van der Waals surface area contributed by atoms with Gasteiger partial charge in [-0.2, -0.15) is 0 Å². The molecule has 4 aromatic heterocycles. The van der Waals surface area contributed by atoms with E-state index in [-0.39, 0.29) is 34.6 Å². The quantitative estimate of drug-likeness (QED) is 0.0412. The summed E-state index contributed by atoms with van der Waals surface area (Å²) in [7, 11) is 6.46. The summed E-state index contributed by atoms with van der Waals surface area (Å²) in [6, 6.07) is 5.47. The van der Waals surface area contributed by atoms with Crippen LogP contribution in [0.15, 0.2) is 49.1 Å². The fraction of sp³-hybridized carbons (Fsp3) is 0.412. The van der Waals surface area contributed by atoms with E-state index >= 15 is 0 Å². The van der Waals surface area contributed by atoms with Crippen LogP contribution in [0.4, 0.5) is 22.7 Å². The van der Waals surface area contributed by atoms with Crippen molar-refractivity contribution in [3.63, 3.8) is 0 Å². The average Bonchev–Trinajstić information content (AvgIpc) is 3.89. The van der Waals surface area contributed by atoms with Crippen LogP contribution in [0.2, 0.25) is 0 Å². The molecule has 290 valence electrons. The van der Waals surface area contributed by atoms with Crippen LogP contribution >= 0.6 is 0 Å². The fourth-order valence-electron chi connectivity index (χ4n) is 5.61. The van der Waals surface area contributed by atoms with E-state index in [2.05, 4.69) is 31.9 Å². The molecule has 54 heavy (non-hydrogen) atoms. The monoisotopic (exact) mass is 750 g/mol. The molecule has 0 bridgehead atoms. The Hall–Kier alpha value is -6.28. The highest BCUT2D eigenvalue weighted by atomic mass is 16.6. The summed E-state index contributed by atoms with van der Waals surface area (Å²) in [5.41, 5.74) is 1.38. The number of carbonyl (C=O) groups is 4. The van der Waals surface area contributed by atoms with Gasteiger partial charge in [0, 0.05) is 65.8 Å². The first-order valence-electron chi connectivity index (χ1n) is 17.3. The Bertz CT molecular complexity index is 1850. The Morgan fingerprint density at radius 2 is 0.833 bits per heavy atom. The Kier molecular flexibility index (Phi) is 14.2. The third kappa shape index (κ3) is 11.1. The van der Waals surface area contributed by atoms with Gasteiger partial charge in [0.1, 0.15) is 22.8 Å². The highest BCUT2D eigenvalue weighted by Crippen LogP contribution is 2.20. The summed E-state index contributed by atoms with van der Waals surface area (Å²) in [6.07, 6.45) is 9.11. The van der Waals surface area contributed by atoms with Crippen LogP contribution in [0, 0.1) is 20.2 Å². The molecule has 0 aliphatic carbocycles. The van der Waals surface area contributed by atoms with Gasteiger partial charge in [-0.1, -0.05) is 0 Å². The molecule has 6 N–H and O–H groups in total. The van der Waals surface area contributed by atoms with Gasteiger partial charge < -0.3 is 50.2 Å². The molecule has 4 rings (SSSR count). The zero-order valence-corrected chi connectivity index (χ0v) is 30.6. The second-order valence-corrected chi connectivity index (χ2v) is 12.7. The lowest BCUT2D eigenvalue weighted by Crippen LogP contribution is -2.29. The molecule has 20 nitrogen and oxygen atoms in total. The molecule has 0 saturated carbocycles. The number of aryl methyl sites for hydroxylation is 4. The SMILES string of the molecule is Cn1cc(NC(=O)c2cc([N+](=O)[O-])cn2C)cc1C(=O)NCCCNCCCCNCCCNC(=O)c1cc(NC(=O)c2cc([N+](=O)[O-])cn2C)cn1C. The average molecular weight is 751 g/mol. The number of rotatable bonds is 21. The zero-order chi connectivity index (χ0) is 39.4. The Balaban J connectivity index is 1.01. The minimum absolute atomic E-state index is 0.121. The van der Waals surface area contributed by atoms with Gasteiger partial charge in [0.2, 0.25) is 0 Å². The second kappa shape index (κ2) is 19.0. The van der Waals surface area contributed by atoms with E-state index in [1.54, 1.807) is 61.9 Å². The van der Waals surface area contributed by atoms with Crippen LogP contribution in [0.25, 0.3) is 0 Å². The molecule has 0 aromatic carbocycles. The van der Waals surface area contributed by atoms with Crippen LogP contribution in [0.5, 0.6) is 0 Å². The molecule has 4 amide bonds. The van der Waals surface area contributed by atoms with E-state index in [1.165, 1.54) is 33.7 Å². The van der Waals surface area contributed by atoms with E-state index in [0.717, 1.165) is 51.9 Å². The molecule has 0 unspecified atom stereocenters. The van der Waals surface area contributed by atoms with Crippen LogP contribution in [-0.4, -0.2) is 91.0 Å². The van der Waals surface area contributed by atoms with Crippen molar-refractivity contribution in [3.8, 4) is 0 Å².